The number of piperazine rings is 1. The number of hydrogen-bond donors (Lipinski definition) is 0. The molecule has 0 radical (unpaired) electrons. The van der Waals surface area contributed by atoms with E-state index in [4.69, 9.17) is 4.74 Å². The number of rotatable bonds is 5. The Kier molecular flexibility index (Phi) is 4.66. The Balaban J connectivity index is 1.32. The van der Waals surface area contributed by atoms with Crippen molar-refractivity contribution in [2.24, 2.45) is 7.05 Å². The van der Waals surface area contributed by atoms with Crippen LogP contribution in [0.15, 0.2) is 36.8 Å². The van der Waals surface area contributed by atoms with Gasteiger partial charge in [-0.25, -0.2) is 14.4 Å². The molecule has 0 unspecified atom stereocenters. The number of anilines is 1. The molecule has 4 rings (SSSR count). The van der Waals surface area contributed by atoms with Crippen LogP contribution in [0, 0.1) is 5.82 Å². The number of aryl methyl sites for hydroxylation is 1. The van der Waals surface area contributed by atoms with Crippen LogP contribution in [0.2, 0.25) is 0 Å². The predicted octanol–water partition coefficient (Wildman–Crippen LogP) is 1.70. The quantitative estimate of drug-likeness (QED) is 0.694. The van der Waals surface area contributed by atoms with Crippen LogP contribution in [0.3, 0.4) is 0 Å². The van der Waals surface area contributed by atoms with Gasteiger partial charge in [-0.1, -0.05) is 12.1 Å². The van der Waals surface area contributed by atoms with Gasteiger partial charge >= 0.3 is 0 Å². The van der Waals surface area contributed by atoms with Crippen molar-refractivity contribution < 1.29 is 9.13 Å². The lowest BCUT2D eigenvalue weighted by atomic mass is 10.3. The van der Waals surface area contributed by atoms with Crippen LogP contribution < -0.4 is 9.64 Å². The standard InChI is InChI=1S/C18H21FN6O/c1-23-17-14(12-22-23)18(21-13-20-17)25-8-6-24(7-9-25)10-11-26-16-5-3-2-4-15(16)19/h2-5,12-13H,6-11H2,1H3. The van der Waals surface area contributed by atoms with Gasteiger partial charge in [-0.2, -0.15) is 5.10 Å². The Morgan fingerprint density at radius 3 is 2.73 bits per heavy atom. The third kappa shape index (κ3) is 3.32. The topological polar surface area (TPSA) is 59.3 Å². The van der Waals surface area contributed by atoms with Crippen LogP contribution >= 0.6 is 0 Å². The second-order valence-electron chi connectivity index (χ2n) is 6.31. The minimum Gasteiger partial charge on any atom is -0.489 e. The normalized spacial score (nSPS) is 15.5. The number of halogens is 1. The van der Waals surface area contributed by atoms with Crippen molar-refractivity contribution >= 4 is 16.9 Å². The summed E-state index contributed by atoms with van der Waals surface area (Å²) in [7, 11) is 1.88. The van der Waals surface area contributed by atoms with E-state index in [0.717, 1.165) is 49.6 Å². The highest BCUT2D eigenvalue weighted by atomic mass is 19.1. The minimum atomic E-state index is -0.318. The van der Waals surface area contributed by atoms with Gasteiger partial charge in [0.05, 0.1) is 11.6 Å². The fourth-order valence-corrected chi connectivity index (χ4v) is 3.23. The first kappa shape index (κ1) is 16.7. The molecule has 0 spiro atoms. The zero-order valence-electron chi connectivity index (χ0n) is 14.7. The van der Waals surface area contributed by atoms with E-state index >= 15 is 0 Å². The second-order valence-corrected chi connectivity index (χ2v) is 6.31. The number of aromatic nitrogens is 4. The lowest BCUT2D eigenvalue weighted by Gasteiger charge is -2.35. The molecule has 1 aromatic carbocycles. The summed E-state index contributed by atoms with van der Waals surface area (Å²) in [6.45, 7) is 4.82. The van der Waals surface area contributed by atoms with E-state index < -0.39 is 0 Å². The Hall–Kier alpha value is -2.74. The van der Waals surface area contributed by atoms with Gasteiger partial charge in [-0.05, 0) is 12.1 Å². The summed E-state index contributed by atoms with van der Waals surface area (Å²) in [6.07, 6.45) is 3.41. The summed E-state index contributed by atoms with van der Waals surface area (Å²) >= 11 is 0. The summed E-state index contributed by atoms with van der Waals surface area (Å²) in [4.78, 5) is 13.3. The maximum Gasteiger partial charge on any atom is 0.165 e. The molecule has 0 aliphatic carbocycles. The van der Waals surface area contributed by atoms with Crippen LogP contribution in [-0.4, -0.2) is 64.0 Å². The van der Waals surface area contributed by atoms with Gasteiger partial charge in [0.2, 0.25) is 0 Å². The third-order valence-corrected chi connectivity index (χ3v) is 4.68. The van der Waals surface area contributed by atoms with Crippen molar-refractivity contribution in [1.29, 1.82) is 0 Å². The zero-order valence-corrected chi connectivity index (χ0v) is 14.7. The van der Waals surface area contributed by atoms with Crippen molar-refractivity contribution in [1.82, 2.24) is 24.6 Å². The Labute approximate surface area is 151 Å². The first-order chi connectivity index (χ1) is 12.7. The average Bonchev–Trinajstić information content (AvgIpc) is 3.05. The second kappa shape index (κ2) is 7.25. The third-order valence-electron chi connectivity index (χ3n) is 4.68. The van der Waals surface area contributed by atoms with Crippen LogP contribution in [0.25, 0.3) is 11.0 Å². The number of hydrogen-bond acceptors (Lipinski definition) is 6. The van der Waals surface area contributed by atoms with E-state index in [1.165, 1.54) is 6.07 Å². The maximum absolute atomic E-state index is 13.6. The number of nitrogens with zero attached hydrogens (tertiary/aromatic N) is 6. The van der Waals surface area contributed by atoms with Crippen molar-refractivity contribution in [3.05, 3.63) is 42.6 Å². The van der Waals surface area contributed by atoms with Gasteiger partial charge in [0.25, 0.3) is 0 Å². The van der Waals surface area contributed by atoms with Gasteiger partial charge in [0.15, 0.2) is 17.2 Å². The molecule has 7 nitrogen and oxygen atoms in total. The highest BCUT2D eigenvalue weighted by Crippen LogP contribution is 2.23. The molecule has 26 heavy (non-hydrogen) atoms. The fraction of sp³-hybridized carbons (Fsp3) is 0.389. The highest BCUT2D eigenvalue weighted by molar-refractivity contribution is 5.86. The number of ether oxygens (including phenoxy) is 1. The smallest absolute Gasteiger partial charge is 0.165 e. The highest BCUT2D eigenvalue weighted by Gasteiger charge is 2.20. The number of fused-ring (bicyclic) bond motifs is 1. The van der Waals surface area contributed by atoms with E-state index in [0.29, 0.717) is 12.4 Å². The molecule has 1 aliphatic rings. The van der Waals surface area contributed by atoms with E-state index in [1.54, 1.807) is 29.2 Å². The molecule has 1 saturated heterocycles. The van der Waals surface area contributed by atoms with E-state index in [1.807, 2.05) is 13.2 Å². The van der Waals surface area contributed by atoms with Crippen LogP contribution in [0.5, 0.6) is 5.75 Å². The SMILES string of the molecule is Cn1ncc2c(N3CCN(CCOc4ccccc4F)CC3)ncnc21. The monoisotopic (exact) mass is 356 g/mol. The van der Waals surface area contributed by atoms with Crippen molar-refractivity contribution in [3.63, 3.8) is 0 Å². The lowest BCUT2D eigenvalue weighted by Crippen LogP contribution is -2.47. The fourth-order valence-electron chi connectivity index (χ4n) is 3.23. The molecular formula is C18H21FN6O. The molecule has 1 aliphatic heterocycles. The Morgan fingerprint density at radius 2 is 1.92 bits per heavy atom. The van der Waals surface area contributed by atoms with Gasteiger partial charge in [-0.15, -0.1) is 0 Å². The molecule has 0 saturated carbocycles. The molecule has 3 aromatic rings. The lowest BCUT2D eigenvalue weighted by molar-refractivity contribution is 0.196. The van der Waals surface area contributed by atoms with Crippen LogP contribution in [0.1, 0.15) is 0 Å². The molecule has 0 atom stereocenters. The van der Waals surface area contributed by atoms with Gasteiger partial charge in [0, 0.05) is 39.8 Å². The van der Waals surface area contributed by atoms with Crippen LogP contribution in [-0.2, 0) is 7.05 Å². The minimum absolute atomic E-state index is 0.311. The van der Waals surface area contributed by atoms with E-state index in [9.17, 15) is 4.39 Å². The summed E-state index contributed by atoms with van der Waals surface area (Å²) in [5.41, 5.74) is 0.843. The van der Waals surface area contributed by atoms with Gasteiger partial charge < -0.3 is 9.64 Å². The Bertz CT molecular complexity index is 890. The van der Waals surface area contributed by atoms with E-state index in [-0.39, 0.29) is 5.82 Å². The average molecular weight is 356 g/mol. The maximum atomic E-state index is 13.6. The Morgan fingerprint density at radius 1 is 1.12 bits per heavy atom. The summed E-state index contributed by atoms with van der Waals surface area (Å²) in [5.74, 6) is 0.929. The van der Waals surface area contributed by atoms with Gasteiger partial charge in [-0.3, -0.25) is 9.58 Å². The molecule has 136 valence electrons. The zero-order chi connectivity index (χ0) is 17.9. The summed E-state index contributed by atoms with van der Waals surface area (Å²) < 4.78 is 20.9. The van der Waals surface area contributed by atoms with Crippen molar-refractivity contribution in [2.45, 2.75) is 0 Å². The number of para-hydroxylation sites is 1. The van der Waals surface area contributed by atoms with Crippen molar-refractivity contribution in [2.75, 3.05) is 44.2 Å². The van der Waals surface area contributed by atoms with Gasteiger partial charge in [0.1, 0.15) is 18.8 Å². The molecular weight excluding hydrogens is 335 g/mol. The molecule has 0 amide bonds. The molecule has 3 heterocycles. The summed E-state index contributed by atoms with van der Waals surface area (Å²) in [6, 6.07) is 6.50. The van der Waals surface area contributed by atoms with E-state index in [2.05, 4.69) is 24.9 Å². The first-order valence-electron chi connectivity index (χ1n) is 8.70. The molecule has 0 bridgehead atoms. The molecule has 2 aromatic heterocycles. The summed E-state index contributed by atoms with van der Waals surface area (Å²) in [5, 5.41) is 5.25. The number of benzene rings is 1. The molecule has 0 N–H and O–H groups in total. The first-order valence-corrected chi connectivity index (χ1v) is 8.70. The molecule has 1 fully saturated rings. The van der Waals surface area contributed by atoms with Crippen LogP contribution in [0.4, 0.5) is 10.2 Å². The molecule has 8 heteroatoms. The largest absolute Gasteiger partial charge is 0.489 e. The van der Waals surface area contributed by atoms with Crippen molar-refractivity contribution in [3.8, 4) is 5.75 Å². The predicted molar refractivity (Wildman–Crippen MR) is 96.9 cm³/mol.